The van der Waals surface area contributed by atoms with Crippen LogP contribution in [0.4, 0.5) is 5.95 Å². The van der Waals surface area contributed by atoms with Gasteiger partial charge in [-0.25, -0.2) is 14.8 Å². The van der Waals surface area contributed by atoms with Crippen LogP contribution in [0.1, 0.15) is 28.5 Å². The number of rotatable bonds is 7. The molecule has 0 aliphatic rings. The first kappa shape index (κ1) is 20.8. The van der Waals surface area contributed by atoms with Gasteiger partial charge in [0, 0.05) is 12.0 Å². The van der Waals surface area contributed by atoms with E-state index in [0.717, 1.165) is 10.9 Å². The fourth-order valence-electron chi connectivity index (χ4n) is 2.94. The Labute approximate surface area is 178 Å². The highest BCUT2D eigenvalue weighted by atomic mass is 79.9. The second-order valence-electron chi connectivity index (χ2n) is 6.34. The van der Waals surface area contributed by atoms with Crippen LogP contribution in [0.25, 0.3) is 11.3 Å². The van der Waals surface area contributed by atoms with Crippen LogP contribution in [0.5, 0.6) is 5.75 Å². The van der Waals surface area contributed by atoms with Gasteiger partial charge in [-0.3, -0.25) is 0 Å². The summed E-state index contributed by atoms with van der Waals surface area (Å²) in [4.78, 5) is 20.8. The lowest BCUT2D eigenvalue weighted by molar-refractivity contribution is 0.0525. The van der Waals surface area contributed by atoms with Crippen LogP contribution in [0.3, 0.4) is 0 Å². The molecule has 0 spiro atoms. The van der Waals surface area contributed by atoms with Crippen molar-refractivity contribution in [1.82, 2.24) is 9.97 Å². The number of aryl methyl sites for hydroxylation is 1. The summed E-state index contributed by atoms with van der Waals surface area (Å²) in [6.45, 7) is 4.28. The van der Waals surface area contributed by atoms with Gasteiger partial charge in [-0.15, -0.1) is 0 Å². The molecule has 0 atom stereocenters. The van der Waals surface area contributed by atoms with Crippen LogP contribution in [-0.4, -0.2) is 29.2 Å². The van der Waals surface area contributed by atoms with E-state index in [4.69, 9.17) is 15.2 Å². The van der Waals surface area contributed by atoms with Crippen molar-refractivity contribution in [3.63, 3.8) is 0 Å². The lowest BCUT2D eigenvalue weighted by Crippen LogP contribution is -2.13. The Morgan fingerprint density at radius 2 is 1.90 bits per heavy atom. The molecule has 29 heavy (non-hydrogen) atoms. The number of ether oxygens (including phenoxy) is 2. The number of hydrogen-bond donors (Lipinski definition) is 1. The number of benzene rings is 2. The highest BCUT2D eigenvalue weighted by molar-refractivity contribution is 9.10. The van der Waals surface area contributed by atoms with Gasteiger partial charge >= 0.3 is 5.97 Å². The van der Waals surface area contributed by atoms with E-state index < -0.39 is 5.97 Å². The van der Waals surface area contributed by atoms with Crippen LogP contribution in [0.2, 0.25) is 0 Å². The molecule has 0 unspecified atom stereocenters. The first-order valence-electron chi connectivity index (χ1n) is 9.27. The molecule has 3 rings (SSSR count). The van der Waals surface area contributed by atoms with Crippen molar-refractivity contribution in [2.45, 2.75) is 20.3 Å². The van der Waals surface area contributed by atoms with E-state index in [1.807, 2.05) is 36.4 Å². The summed E-state index contributed by atoms with van der Waals surface area (Å²) in [5.41, 5.74) is 8.97. The SMILES string of the molecule is CCOC(=O)c1c(C)nc(N)nc1-c1ccc(OCCc2ccccc2)c(Br)c1. The zero-order chi connectivity index (χ0) is 20.8. The van der Waals surface area contributed by atoms with Crippen molar-refractivity contribution < 1.29 is 14.3 Å². The van der Waals surface area contributed by atoms with E-state index in [-0.39, 0.29) is 12.6 Å². The smallest absolute Gasteiger partial charge is 0.342 e. The quantitative estimate of drug-likeness (QED) is 0.523. The molecule has 1 aromatic heterocycles. The third-order valence-electron chi connectivity index (χ3n) is 4.28. The molecule has 1 heterocycles. The van der Waals surface area contributed by atoms with Crippen LogP contribution in [0, 0.1) is 6.92 Å². The van der Waals surface area contributed by atoms with Gasteiger partial charge in [-0.2, -0.15) is 0 Å². The standard InChI is InChI=1S/C22H22BrN3O3/c1-3-28-21(27)19-14(2)25-22(24)26-20(19)16-9-10-18(17(23)13-16)29-12-11-15-7-5-4-6-8-15/h4-10,13H,3,11-12H2,1-2H3,(H2,24,25,26). The summed E-state index contributed by atoms with van der Waals surface area (Å²) in [5.74, 6) is 0.338. The van der Waals surface area contributed by atoms with E-state index in [2.05, 4.69) is 38.0 Å². The molecule has 3 aromatic rings. The monoisotopic (exact) mass is 455 g/mol. The number of carbonyl (C=O) groups is 1. The molecule has 0 aliphatic heterocycles. The minimum absolute atomic E-state index is 0.102. The summed E-state index contributed by atoms with van der Waals surface area (Å²) in [6.07, 6.45) is 0.809. The second kappa shape index (κ2) is 9.52. The van der Waals surface area contributed by atoms with Crippen molar-refractivity contribution in [2.75, 3.05) is 18.9 Å². The van der Waals surface area contributed by atoms with Crippen molar-refractivity contribution in [1.29, 1.82) is 0 Å². The van der Waals surface area contributed by atoms with Crippen LogP contribution in [0.15, 0.2) is 53.0 Å². The summed E-state index contributed by atoms with van der Waals surface area (Å²) >= 11 is 3.54. The van der Waals surface area contributed by atoms with Gasteiger partial charge in [0.25, 0.3) is 0 Å². The lowest BCUT2D eigenvalue weighted by atomic mass is 10.0. The molecule has 2 N–H and O–H groups in total. The molecule has 150 valence electrons. The number of anilines is 1. The molecule has 0 radical (unpaired) electrons. The molecule has 0 aliphatic carbocycles. The Morgan fingerprint density at radius 1 is 1.14 bits per heavy atom. The van der Waals surface area contributed by atoms with Crippen molar-refractivity contribution in [3.8, 4) is 17.0 Å². The normalized spacial score (nSPS) is 10.6. The van der Waals surface area contributed by atoms with E-state index >= 15 is 0 Å². The van der Waals surface area contributed by atoms with Crippen molar-refractivity contribution >= 4 is 27.8 Å². The predicted octanol–water partition coefficient (Wildman–Crippen LogP) is 4.59. The van der Waals surface area contributed by atoms with Gasteiger partial charge in [0.05, 0.1) is 29.1 Å². The number of nitrogen functional groups attached to an aromatic ring is 1. The Hall–Kier alpha value is -2.93. The molecule has 0 fully saturated rings. The van der Waals surface area contributed by atoms with Gasteiger partial charge in [0.15, 0.2) is 0 Å². The molecule has 0 saturated heterocycles. The zero-order valence-corrected chi connectivity index (χ0v) is 17.9. The Morgan fingerprint density at radius 3 is 2.59 bits per heavy atom. The molecule has 0 amide bonds. The highest BCUT2D eigenvalue weighted by Crippen LogP contribution is 2.32. The summed E-state index contributed by atoms with van der Waals surface area (Å²) in [5, 5.41) is 0. The van der Waals surface area contributed by atoms with E-state index in [0.29, 0.717) is 34.9 Å². The fourth-order valence-corrected chi connectivity index (χ4v) is 3.43. The first-order chi connectivity index (χ1) is 14.0. The zero-order valence-electron chi connectivity index (χ0n) is 16.3. The predicted molar refractivity (Wildman–Crippen MR) is 116 cm³/mol. The molecule has 2 aromatic carbocycles. The third-order valence-corrected chi connectivity index (χ3v) is 4.90. The number of carbonyl (C=O) groups excluding carboxylic acids is 1. The number of esters is 1. The maximum atomic E-state index is 12.4. The molecular weight excluding hydrogens is 434 g/mol. The average molecular weight is 456 g/mol. The summed E-state index contributed by atoms with van der Waals surface area (Å²) in [6, 6.07) is 15.7. The van der Waals surface area contributed by atoms with Crippen LogP contribution >= 0.6 is 15.9 Å². The van der Waals surface area contributed by atoms with Gasteiger partial charge < -0.3 is 15.2 Å². The number of halogens is 1. The molecule has 7 heteroatoms. The van der Waals surface area contributed by atoms with Crippen LogP contribution < -0.4 is 10.5 Å². The fraction of sp³-hybridized carbons (Fsp3) is 0.227. The highest BCUT2D eigenvalue weighted by Gasteiger charge is 2.21. The number of aromatic nitrogens is 2. The number of nitrogens with zero attached hydrogens (tertiary/aromatic N) is 2. The third kappa shape index (κ3) is 5.12. The molecule has 0 saturated carbocycles. The second-order valence-corrected chi connectivity index (χ2v) is 7.19. The van der Waals surface area contributed by atoms with Gasteiger partial charge in [-0.1, -0.05) is 30.3 Å². The Kier molecular flexibility index (Phi) is 6.82. The van der Waals surface area contributed by atoms with Gasteiger partial charge in [-0.05, 0) is 53.5 Å². The van der Waals surface area contributed by atoms with Crippen molar-refractivity contribution in [3.05, 3.63) is 69.8 Å². The minimum Gasteiger partial charge on any atom is -0.492 e. The van der Waals surface area contributed by atoms with Crippen molar-refractivity contribution in [2.24, 2.45) is 0 Å². The van der Waals surface area contributed by atoms with Gasteiger partial charge in [0.1, 0.15) is 11.3 Å². The maximum Gasteiger partial charge on any atom is 0.342 e. The summed E-state index contributed by atoms with van der Waals surface area (Å²) < 4.78 is 11.8. The lowest BCUT2D eigenvalue weighted by Gasteiger charge is -2.13. The largest absolute Gasteiger partial charge is 0.492 e. The van der Waals surface area contributed by atoms with Crippen LogP contribution in [-0.2, 0) is 11.2 Å². The Balaban J connectivity index is 1.83. The van der Waals surface area contributed by atoms with Gasteiger partial charge in [0.2, 0.25) is 5.95 Å². The average Bonchev–Trinajstić information content (AvgIpc) is 2.69. The molecule has 0 bridgehead atoms. The first-order valence-corrected chi connectivity index (χ1v) is 10.1. The molecular formula is C22H22BrN3O3. The topological polar surface area (TPSA) is 87.3 Å². The van der Waals surface area contributed by atoms with E-state index in [9.17, 15) is 4.79 Å². The summed E-state index contributed by atoms with van der Waals surface area (Å²) in [7, 11) is 0. The Bertz CT molecular complexity index is 1010. The minimum atomic E-state index is -0.473. The number of nitrogens with two attached hydrogens (primary N) is 1. The molecule has 6 nitrogen and oxygen atoms in total. The van der Waals surface area contributed by atoms with E-state index in [1.165, 1.54) is 5.56 Å². The maximum absolute atomic E-state index is 12.4. The van der Waals surface area contributed by atoms with E-state index in [1.54, 1.807) is 13.8 Å². The number of hydrogen-bond acceptors (Lipinski definition) is 6.